The van der Waals surface area contributed by atoms with Gasteiger partial charge in [0.25, 0.3) is 0 Å². The number of carbonyl (C=O) groups is 1. The van der Waals surface area contributed by atoms with Crippen molar-refractivity contribution in [2.75, 3.05) is 19.7 Å². The topological polar surface area (TPSA) is 121 Å². The van der Waals surface area contributed by atoms with E-state index in [4.69, 9.17) is 32.7 Å². The van der Waals surface area contributed by atoms with E-state index in [9.17, 15) is 18.3 Å². The zero-order valence-electron chi connectivity index (χ0n) is 23.6. The smallest absolute Gasteiger partial charge is 0.416 e. The number of aryl methyl sites for hydroxylation is 1. The number of allylic oxidation sites excluding steroid dienone is 2. The van der Waals surface area contributed by atoms with Crippen molar-refractivity contribution in [2.45, 2.75) is 43.6 Å². The Labute approximate surface area is 261 Å². The van der Waals surface area contributed by atoms with E-state index < -0.39 is 28.3 Å². The second-order valence-corrected chi connectivity index (χ2v) is 13.5. The van der Waals surface area contributed by atoms with Crippen LogP contribution in [0.25, 0.3) is 6.08 Å². The molecule has 0 saturated heterocycles. The number of sulfonamides is 1. The Morgan fingerprint density at radius 3 is 2.51 bits per heavy atom. The number of H-pyrrole nitrogens is 1. The van der Waals surface area contributed by atoms with Crippen molar-refractivity contribution < 1.29 is 27.8 Å². The number of carbonyl (C=O) groups excluding carboxylic acids is 1. The van der Waals surface area contributed by atoms with Gasteiger partial charge in [0.05, 0.1) is 5.25 Å². The lowest BCUT2D eigenvalue weighted by Crippen LogP contribution is -2.42. The fraction of sp³-hybridized carbons (Fsp3) is 0.323. The average Bonchev–Trinajstić information content (AvgIpc) is 3.81. The maximum atomic E-state index is 13.5. The number of benzene rings is 2. The molecule has 0 spiro atoms. The molecular formula is C31H33Cl2N3O6S. The van der Waals surface area contributed by atoms with Gasteiger partial charge in [-0.1, -0.05) is 48.0 Å². The van der Waals surface area contributed by atoms with Crippen LogP contribution in [-0.2, 0) is 16.4 Å². The number of nitrogens with one attached hydrogen (secondary N) is 2. The summed E-state index contributed by atoms with van der Waals surface area (Å²) in [4.78, 5) is 18.6. The van der Waals surface area contributed by atoms with E-state index in [1.807, 2.05) is 25.1 Å². The Morgan fingerprint density at radius 2 is 1.86 bits per heavy atom. The maximum Gasteiger partial charge on any atom is 0.416 e. The molecule has 1 aromatic heterocycles. The largest absolute Gasteiger partial charge is 0.491 e. The first kappa shape index (κ1) is 31.2. The Hall–Kier alpha value is -3.28. The van der Waals surface area contributed by atoms with E-state index in [-0.39, 0.29) is 18.4 Å². The summed E-state index contributed by atoms with van der Waals surface area (Å²) in [6, 6.07) is 13.3. The molecule has 1 amide bonds. The van der Waals surface area contributed by atoms with Crippen molar-refractivity contribution in [3.8, 4) is 11.5 Å². The molecule has 1 fully saturated rings. The van der Waals surface area contributed by atoms with Crippen molar-refractivity contribution in [1.82, 2.24) is 14.6 Å². The molecule has 1 saturated carbocycles. The summed E-state index contributed by atoms with van der Waals surface area (Å²) in [5.74, 6) is 0.868. The van der Waals surface area contributed by atoms with Gasteiger partial charge in [0, 0.05) is 34.5 Å². The molecule has 3 aromatic rings. The second-order valence-electron chi connectivity index (χ2n) is 10.6. The summed E-state index contributed by atoms with van der Waals surface area (Å²) < 4.78 is 37.9. The molecule has 12 heteroatoms. The van der Waals surface area contributed by atoms with Gasteiger partial charge in [-0.25, -0.2) is 17.9 Å². The predicted octanol–water partition coefficient (Wildman–Crippen LogP) is 5.71. The van der Waals surface area contributed by atoms with Crippen LogP contribution in [0.3, 0.4) is 0 Å². The van der Waals surface area contributed by atoms with Gasteiger partial charge in [0.2, 0.25) is 10.0 Å². The van der Waals surface area contributed by atoms with E-state index in [1.165, 1.54) is 0 Å². The minimum absolute atomic E-state index is 0.0881. The molecule has 2 atom stereocenters. The highest BCUT2D eigenvalue weighted by Crippen LogP contribution is 2.39. The highest BCUT2D eigenvalue weighted by atomic mass is 35.5. The highest BCUT2D eigenvalue weighted by Gasteiger charge is 2.37. The first-order valence-electron chi connectivity index (χ1n) is 13.9. The minimum atomic E-state index is -3.38. The van der Waals surface area contributed by atoms with Crippen LogP contribution >= 0.6 is 23.2 Å². The van der Waals surface area contributed by atoms with Gasteiger partial charge >= 0.3 is 6.09 Å². The third kappa shape index (κ3) is 7.45. The Bertz CT molecular complexity index is 1620. The summed E-state index contributed by atoms with van der Waals surface area (Å²) in [6.07, 6.45) is 3.80. The van der Waals surface area contributed by atoms with Crippen LogP contribution in [0.15, 0.2) is 66.2 Å². The average molecular weight is 647 g/mol. The summed E-state index contributed by atoms with van der Waals surface area (Å²) in [5, 5.41) is 10.9. The number of aromatic amines is 1. The van der Waals surface area contributed by atoms with Crippen molar-refractivity contribution >= 4 is 45.4 Å². The van der Waals surface area contributed by atoms with Crippen LogP contribution in [0.4, 0.5) is 4.79 Å². The summed E-state index contributed by atoms with van der Waals surface area (Å²) in [6.45, 7) is 5.89. The Balaban J connectivity index is 1.36. The molecular weight excluding hydrogens is 613 g/mol. The highest BCUT2D eigenvalue weighted by molar-refractivity contribution is 7.90. The lowest BCUT2D eigenvalue weighted by Gasteiger charge is -2.35. The van der Waals surface area contributed by atoms with Crippen molar-refractivity contribution in [1.29, 1.82) is 0 Å². The van der Waals surface area contributed by atoms with E-state index in [1.54, 1.807) is 47.4 Å². The number of rotatable bonds is 11. The fourth-order valence-corrected chi connectivity index (χ4v) is 6.69. The summed E-state index contributed by atoms with van der Waals surface area (Å²) >= 11 is 12.3. The number of hydrogen-bond acceptors (Lipinski definition) is 6. The standard InChI is InChI=1S/C31H33Cl2N3O6S/c1-3-21(32)16-28-19(2)35-29-27(28)14-15-36(31(38)42-25-10-6-22(33)7-11-25)30(29)20-4-8-24(9-5-20)41-18-23(37)17-34-43(39,40)26-12-13-26/h3-11,16,23,26,30,34-35,37H,1,12-15,17-18H2,2H3/b21-16+. The van der Waals surface area contributed by atoms with Gasteiger partial charge in [-0.2, -0.15) is 0 Å². The van der Waals surface area contributed by atoms with Crippen molar-refractivity contribution in [3.05, 3.63) is 99.3 Å². The number of nitrogens with zero attached hydrogens (tertiary/aromatic N) is 1. The van der Waals surface area contributed by atoms with Gasteiger partial charge in [-0.05, 0) is 85.4 Å². The number of amides is 1. The predicted molar refractivity (Wildman–Crippen MR) is 167 cm³/mol. The quantitative estimate of drug-likeness (QED) is 0.230. The molecule has 2 unspecified atom stereocenters. The van der Waals surface area contributed by atoms with E-state index in [0.717, 1.165) is 28.1 Å². The zero-order chi connectivity index (χ0) is 30.7. The lowest BCUT2D eigenvalue weighted by molar-refractivity contribution is 0.111. The monoisotopic (exact) mass is 645 g/mol. The first-order valence-corrected chi connectivity index (χ1v) is 16.2. The molecule has 0 radical (unpaired) electrons. The van der Waals surface area contributed by atoms with Crippen molar-refractivity contribution in [3.63, 3.8) is 0 Å². The molecule has 1 aliphatic heterocycles. The molecule has 228 valence electrons. The van der Waals surface area contributed by atoms with Crippen LogP contribution in [0.2, 0.25) is 5.02 Å². The third-order valence-electron chi connectivity index (χ3n) is 7.42. The number of halogens is 2. The SMILES string of the molecule is C=C/C(Cl)=C\c1c(C)[nH]c2c1CCN(C(=O)Oc1ccc(Cl)cc1)C2c1ccc(OCC(O)CNS(=O)(=O)C2CC2)cc1. The number of aromatic nitrogens is 1. The van der Waals surface area contributed by atoms with Crippen LogP contribution in [0.1, 0.15) is 47.0 Å². The number of fused-ring (bicyclic) bond motifs is 1. The number of hydrogen-bond donors (Lipinski definition) is 3. The molecule has 43 heavy (non-hydrogen) atoms. The molecule has 2 aliphatic rings. The fourth-order valence-electron chi connectivity index (χ4n) is 5.04. The maximum absolute atomic E-state index is 13.5. The Kier molecular flexibility index (Phi) is 9.53. The van der Waals surface area contributed by atoms with Gasteiger partial charge in [0.15, 0.2) is 0 Å². The van der Waals surface area contributed by atoms with Crippen LogP contribution < -0.4 is 14.2 Å². The van der Waals surface area contributed by atoms with Crippen molar-refractivity contribution in [2.24, 2.45) is 0 Å². The molecule has 1 aliphatic carbocycles. The second kappa shape index (κ2) is 13.2. The molecule has 5 rings (SSSR count). The van der Waals surface area contributed by atoms with Crippen LogP contribution in [-0.4, -0.2) is 60.6 Å². The first-order chi connectivity index (χ1) is 20.6. The summed E-state index contributed by atoms with van der Waals surface area (Å²) in [5.41, 5.74) is 4.58. The van der Waals surface area contributed by atoms with Gasteiger partial charge in [-0.15, -0.1) is 0 Å². The zero-order valence-corrected chi connectivity index (χ0v) is 25.9. The van der Waals surface area contributed by atoms with Gasteiger partial charge in [-0.3, -0.25) is 4.90 Å². The van der Waals surface area contributed by atoms with E-state index in [0.29, 0.717) is 47.4 Å². The van der Waals surface area contributed by atoms with Gasteiger partial charge < -0.3 is 19.6 Å². The molecule has 0 bridgehead atoms. The Morgan fingerprint density at radius 1 is 1.19 bits per heavy atom. The summed E-state index contributed by atoms with van der Waals surface area (Å²) in [7, 11) is -3.38. The van der Waals surface area contributed by atoms with Gasteiger partial charge in [0.1, 0.15) is 30.3 Å². The van der Waals surface area contributed by atoms with Crippen LogP contribution in [0, 0.1) is 6.92 Å². The minimum Gasteiger partial charge on any atom is -0.491 e. The number of ether oxygens (including phenoxy) is 2. The normalized spacial score (nSPS) is 17.7. The van der Waals surface area contributed by atoms with Crippen LogP contribution in [0.5, 0.6) is 11.5 Å². The molecule has 2 aromatic carbocycles. The molecule has 2 heterocycles. The number of aliphatic hydroxyl groups excluding tert-OH is 1. The molecule has 3 N–H and O–H groups in total. The third-order valence-corrected chi connectivity index (χ3v) is 9.85. The number of aliphatic hydroxyl groups is 1. The lowest BCUT2D eigenvalue weighted by atomic mass is 9.91. The van der Waals surface area contributed by atoms with E-state index in [2.05, 4.69) is 16.3 Å². The van der Waals surface area contributed by atoms with E-state index >= 15 is 0 Å². The molecule has 9 nitrogen and oxygen atoms in total.